The van der Waals surface area contributed by atoms with Crippen molar-refractivity contribution in [1.29, 1.82) is 0 Å². The fourth-order valence-corrected chi connectivity index (χ4v) is 2.44. The third kappa shape index (κ3) is 7.13. The summed E-state index contributed by atoms with van der Waals surface area (Å²) in [5.74, 6) is 0. The van der Waals surface area contributed by atoms with Gasteiger partial charge in [0.05, 0.1) is 11.4 Å². The molecule has 22 heavy (non-hydrogen) atoms. The summed E-state index contributed by atoms with van der Waals surface area (Å²) in [6.07, 6.45) is 6.44. The minimum Gasteiger partial charge on any atom is -0.432 e. The Morgan fingerprint density at radius 3 is 2.09 bits per heavy atom. The first kappa shape index (κ1) is 21.4. The van der Waals surface area contributed by atoms with Gasteiger partial charge in [0, 0.05) is 18.2 Å². The van der Waals surface area contributed by atoms with Crippen LogP contribution in [-0.2, 0) is 33.0 Å². The van der Waals surface area contributed by atoms with Crippen LogP contribution in [0.25, 0.3) is 5.43 Å². The van der Waals surface area contributed by atoms with Gasteiger partial charge in [-0.3, -0.25) is 15.1 Å². The molecule has 1 aromatic rings. The van der Waals surface area contributed by atoms with Crippen molar-refractivity contribution in [3.05, 3.63) is 17.0 Å². The molecule has 0 fully saturated rings. The Kier molecular flexibility index (Phi) is 11.6. The molecule has 0 radical (unpaired) electrons. The summed E-state index contributed by atoms with van der Waals surface area (Å²) in [6.45, 7) is 5.67. The molecule has 0 saturated carbocycles. The molecule has 0 saturated heterocycles. The summed E-state index contributed by atoms with van der Waals surface area (Å²) in [5.41, 5.74) is 6.78. The van der Waals surface area contributed by atoms with Crippen LogP contribution in [0.15, 0.2) is 26.7 Å². The Labute approximate surface area is 156 Å². The molecule has 0 amide bonds. The van der Waals surface area contributed by atoms with Crippen molar-refractivity contribution in [2.24, 2.45) is 15.1 Å². The normalized spacial score (nSPS) is 16.2. The van der Waals surface area contributed by atoms with E-state index in [0.717, 1.165) is 43.1 Å². The molecule has 0 bridgehead atoms. The molecule has 0 atom stereocenters. The molecule has 8 heteroatoms. The molecule has 1 aromatic heterocycles. The van der Waals surface area contributed by atoms with Crippen LogP contribution in [0, 0.1) is 0 Å². The maximum Gasteiger partial charge on any atom is 2.00 e. The monoisotopic (exact) mass is 406 g/mol. The topological polar surface area (TPSA) is 64.1 Å². The van der Waals surface area contributed by atoms with Crippen LogP contribution in [0.2, 0.25) is 0 Å². The second-order valence-corrected chi connectivity index (χ2v) is 5.58. The molecule has 5 nitrogen and oxygen atoms in total. The number of hydrogen-bond acceptors (Lipinski definition) is 5. The minimum absolute atomic E-state index is 0. The van der Waals surface area contributed by atoms with E-state index in [2.05, 4.69) is 25.5 Å². The van der Waals surface area contributed by atoms with Gasteiger partial charge < -0.3 is 10.4 Å². The van der Waals surface area contributed by atoms with E-state index in [-0.39, 0.29) is 33.0 Å². The predicted octanol–water partition coefficient (Wildman–Crippen LogP) is 4.00. The van der Waals surface area contributed by atoms with Gasteiger partial charge in [-0.1, -0.05) is 19.0 Å². The van der Waals surface area contributed by atoms with Gasteiger partial charge in [0.1, 0.15) is 5.71 Å². The van der Waals surface area contributed by atoms with Crippen molar-refractivity contribution in [2.75, 3.05) is 13.1 Å². The van der Waals surface area contributed by atoms with E-state index < -0.39 is 0 Å². The van der Waals surface area contributed by atoms with Crippen LogP contribution in [0.5, 0.6) is 0 Å². The number of thiazole rings is 1. The van der Waals surface area contributed by atoms with E-state index in [0.29, 0.717) is 5.13 Å². The maximum absolute atomic E-state index is 4.59. The zero-order chi connectivity index (χ0) is 14.2. The zero-order valence-corrected chi connectivity index (χ0v) is 15.5. The van der Waals surface area contributed by atoms with Gasteiger partial charge in [0.2, 0.25) is 0 Å². The molecule has 2 rings (SSSR count). The third-order valence-corrected chi connectivity index (χ3v) is 3.76. The van der Waals surface area contributed by atoms with E-state index in [1.165, 1.54) is 24.2 Å². The fraction of sp³-hybridized carbons (Fsp3) is 0.571. The fourth-order valence-electron chi connectivity index (χ4n) is 1.99. The molecule has 1 aliphatic rings. The molecular formula is C14H20N5Ni2S+3. The molecule has 0 unspecified atom stereocenters. The summed E-state index contributed by atoms with van der Waals surface area (Å²) in [5, 5.41) is 6.87. The zero-order valence-electron chi connectivity index (χ0n) is 12.7. The summed E-state index contributed by atoms with van der Waals surface area (Å²) < 4.78 is 0. The van der Waals surface area contributed by atoms with Gasteiger partial charge in [-0.25, -0.2) is 0 Å². The van der Waals surface area contributed by atoms with Crippen LogP contribution in [-0.4, -0.2) is 35.2 Å². The van der Waals surface area contributed by atoms with Crippen LogP contribution >= 0.6 is 11.3 Å². The maximum atomic E-state index is 4.59. The van der Waals surface area contributed by atoms with E-state index in [9.17, 15) is 0 Å². The quantitative estimate of drug-likeness (QED) is 0.540. The van der Waals surface area contributed by atoms with Gasteiger partial charge in [0.15, 0.2) is 0 Å². The number of aliphatic imine (C=N–C) groups is 2. The van der Waals surface area contributed by atoms with Crippen molar-refractivity contribution < 1.29 is 33.0 Å². The summed E-state index contributed by atoms with van der Waals surface area (Å²) >= 11 is 1.47. The van der Waals surface area contributed by atoms with Gasteiger partial charge in [-0.05, 0) is 32.1 Å². The van der Waals surface area contributed by atoms with Gasteiger partial charge in [-0.15, -0.1) is 0 Å². The number of hydrogen-bond donors (Lipinski definition) is 0. The summed E-state index contributed by atoms with van der Waals surface area (Å²) in [7, 11) is 0. The Balaban J connectivity index is 0.00000220. The van der Waals surface area contributed by atoms with E-state index in [1.807, 2.05) is 19.2 Å². The molecule has 2 heterocycles. The second kappa shape index (κ2) is 11.9. The van der Waals surface area contributed by atoms with Crippen molar-refractivity contribution >= 4 is 33.6 Å². The average Bonchev–Trinajstić information content (AvgIpc) is 2.93. The molecule has 1 aliphatic heterocycles. The first-order valence-corrected chi connectivity index (χ1v) is 7.86. The van der Waals surface area contributed by atoms with E-state index >= 15 is 0 Å². The van der Waals surface area contributed by atoms with Crippen LogP contribution in [0.3, 0.4) is 0 Å². The SMILES string of the molecule is CC1=NCCCCCCN=C(C)C1=N[N-]c1nccs1.[Ni+2].[Ni+2]. The predicted molar refractivity (Wildman–Crippen MR) is 87.0 cm³/mol. The van der Waals surface area contributed by atoms with E-state index in [4.69, 9.17) is 0 Å². The molecule has 0 aliphatic carbocycles. The van der Waals surface area contributed by atoms with Crippen molar-refractivity contribution in [3.63, 3.8) is 0 Å². The summed E-state index contributed by atoms with van der Waals surface area (Å²) in [6, 6.07) is 0. The molecule has 0 N–H and O–H groups in total. The molecular weight excluding hydrogens is 388 g/mol. The number of nitrogens with zero attached hydrogens (tertiary/aromatic N) is 5. The van der Waals surface area contributed by atoms with Crippen LogP contribution in [0.4, 0.5) is 5.13 Å². The van der Waals surface area contributed by atoms with Gasteiger partial charge in [-0.2, -0.15) is 11.3 Å². The van der Waals surface area contributed by atoms with Crippen molar-refractivity contribution in [2.45, 2.75) is 39.5 Å². The average molecular weight is 408 g/mol. The van der Waals surface area contributed by atoms with Gasteiger partial charge >= 0.3 is 33.0 Å². The van der Waals surface area contributed by atoms with Crippen LogP contribution < -0.4 is 0 Å². The number of rotatable bonds is 2. The first-order chi connectivity index (χ1) is 9.77. The Hall–Kier alpha value is -0.573. The minimum atomic E-state index is 0. The standard InChI is InChI=1S/C14H20N5S.2Ni/c1-11-13(18-19-14-17-9-10-20-14)12(2)16-8-6-4-3-5-7-15-11;;/h9-10H,3-8H2,1-2H3;;/q-1;2*+2. The molecule has 0 aromatic carbocycles. The molecule has 0 spiro atoms. The molecule has 124 valence electrons. The smallest absolute Gasteiger partial charge is 0.432 e. The Morgan fingerprint density at radius 1 is 1.00 bits per heavy atom. The number of aromatic nitrogens is 1. The van der Waals surface area contributed by atoms with Crippen molar-refractivity contribution in [1.82, 2.24) is 4.98 Å². The largest absolute Gasteiger partial charge is 2.00 e. The van der Waals surface area contributed by atoms with Gasteiger partial charge in [0.25, 0.3) is 0 Å². The van der Waals surface area contributed by atoms with E-state index in [1.54, 1.807) is 6.20 Å². The first-order valence-electron chi connectivity index (χ1n) is 6.98. The van der Waals surface area contributed by atoms with Crippen LogP contribution in [0.1, 0.15) is 39.5 Å². The third-order valence-electron chi connectivity index (χ3n) is 3.10. The van der Waals surface area contributed by atoms with Crippen molar-refractivity contribution in [3.8, 4) is 0 Å². The Bertz CT molecular complexity index is 485. The Morgan fingerprint density at radius 2 is 1.59 bits per heavy atom. The summed E-state index contributed by atoms with van der Waals surface area (Å²) in [4.78, 5) is 13.3. The second-order valence-electron chi connectivity index (χ2n) is 4.71.